The highest BCUT2D eigenvalue weighted by atomic mass is 32.1. The van der Waals surface area contributed by atoms with Crippen LogP contribution in [0.3, 0.4) is 0 Å². The molecule has 254 valence electrons. The molecule has 0 spiro atoms. The highest BCUT2D eigenvalue weighted by molar-refractivity contribution is 7.26. The highest BCUT2D eigenvalue weighted by Gasteiger charge is 2.23. The lowest BCUT2D eigenvalue weighted by atomic mass is 10.0. The molecule has 1 aliphatic heterocycles. The summed E-state index contributed by atoms with van der Waals surface area (Å²) in [7, 11) is 0. The summed E-state index contributed by atoms with van der Waals surface area (Å²) in [5.41, 5.74) is 9.00. The molecule has 2 aromatic heterocycles. The third-order valence-corrected chi connectivity index (χ3v) is 11.9. The second-order valence-electron chi connectivity index (χ2n) is 13.8. The molecule has 1 unspecified atom stereocenters. The second kappa shape index (κ2) is 12.4. The molecule has 54 heavy (non-hydrogen) atoms. The van der Waals surface area contributed by atoms with Gasteiger partial charge >= 0.3 is 0 Å². The van der Waals surface area contributed by atoms with Gasteiger partial charge in [0.15, 0.2) is 5.84 Å². The molecule has 11 rings (SSSR count). The van der Waals surface area contributed by atoms with E-state index in [1.165, 1.54) is 52.8 Å². The fourth-order valence-corrected chi connectivity index (χ4v) is 9.31. The van der Waals surface area contributed by atoms with Crippen LogP contribution in [0.15, 0.2) is 192 Å². The van der Waals surface area contributed by atoms with E-state index in [2.05, 4.69) is 186 Å². The number of aliphatic imine (C=N–C) groups is 2. The molecule has 4 nitrogen and oxygen atoms in total. The Bertz CT molecular complexity index is 3130. The van der Waals surface area contributed by atoms with Crippen LogP contribution in [0.4, 0.5) is 0 Å². The fraction of sp³-hybridized carbons (Fsp3) is 0.0204. The van der Waals surface area contributed by atoms with Gasteiger partial charge in [-0.3, -0.25) is 0 Å². The molecule has 1 N–H and O–H groups in total. The number of thiophene rings is 1. The molecule has 0 amide bonds. The van der Waals surface area contributed by atoms with Crippen molar-refractivity contribution in [2.45, 2.75) is 6.17 Å². The summed E-state index contributed by atoms with van der Waals surface area (Å²) in [6.07, 6.45) is -0.274. The maximum absolute atomic E-state index is 5.24. The lowest BCUT2D eigenvalue weighted by Crippen LogP contribution is -2.33. The van der Waals surface area contributed by atoms with Gasteiger partial charge in [-0.15, -0.1) is 11.3 Å². The van der Waals surface area contributed by atoms with Gasteiger partial charge in [-0.1, -0.05) is 146 Å². The van der Waals surface area contributed by atoms with Crippen LogP contribution in [0.1, 0.15) is 22.9 Å². The van der Waals surface area contributed by atoms with Gasteiger partial charge in [-0.25, -0.2) is 9.98 Å². The van der Waals surface area contributed by atoms with Gasteiger partial charge in [-0.05, 0) is 58.5 Å². The SMILES string of the molecule is c1ccc(C2N=C(c3cccc(-c4ccc(-n5c6ccccc6c6ccc7ccccc7c65)cc4)c3)N=C(c3cccc4c3sc3ccccc34)N2)cc1. The zero-order valence-electron chi connectivity index (χ0n) is 29.1. The largest absolute Gasteiger partial charge is 0.344 e. The number of nitrogens with zero attached hydrogens (tertiary/aromatic N) is 3. The number of amidine groups is 2. The predicted octanol–water partition coefficient (Wildman–Crippen LogP) is 12.5. The molecule has 0 aliphatic carbocycles. The summed E-state index contributed by atoms with van der Waals surface area (Å²) >= 11 is 1.81. The van der Waals surface area contributed by atoms with E-state index in [9.17, 15) is 0 Å². The van der Waals surface area contributed by atoms with E-state index >= 15 is 0 Å². The third kappa shape index (κ3) is 4.97. The summed E-state index contributed by atoms with van der Waals surface area (Å²) in [6, 6.07) is 65.0. The quantitative estimate of drug-likeness (QED) is 0.190. The van der Waals surface area contributed by atoms with Gasteiger partial charge < -0.3 is 9.88 Å². The minimum atomic E-state index is -0.274. The molecule has 8 aromatic carbocycles. The maximum atomic E-state index is 5.24. The Morgan fingerprint density at radius 3 is 2.13 bits per heavy atom. The number of benzene rings is 8. The molecule has 3 heterocycles. The van der Waals surface area contributed by atoms with Gasteiger partial charge in [0.25, 0.3) is 0 Å². The van der Waals surface area contributed by atoms with Gasteiger partial charge in [0.2, 0.25) is 0 Å². The van der Waals surface area contributed by atoms with Crippen LogP contribution in [0.25, 0.3) is 69.6 Å². The average molecular weight is 709 g/mol. The Labute approximate surface area is 316 Å². The first-order valence-corrected chi connectivity index (χ1v) is 19.1. The molecule has 0 saturated heterocycles. The standard InChI is InChI=1S/C49H32N4S/c1-2-13-33(14-3-1)47-50-48(52-49(51-47)42-21-11-20-41-39-19-7-9-23-44(39)54-46(41)42)35-16-10-15-34(30-35)31-24-27-36(28-25-31)53-43-22-8-6-18-38(43)40-29-26-32-12-4-5-17-37(32)45(40)53/h1-30,47H,(H,50,51,52). The highest BCUT2D eigenvalue weighted by Crippen LogP contribution is 2.38. The molecule has 0 radical (unpaired) electrons. The van der Waals surface area contributed by atoms with Crippen LogP contribution in [-0.2, 0) is 0 Å². The van der Waals surface area contributed by atoms with E-state index in [1.807, 2.05) is 17.4 Å². The fourth-order valence-electron chi connectivity index (χ4n) is 8.09. The molecule has 1 aliphatic rings. The normalized spacial score (nSPS) is 14.5. The van der Waals surface area contributed by atoms with E-state index in [1.54, 1.807) is 0 Å². The number of rotatable bonds is 5. The lowest BCUT2D eigenvalue weighted by molar-refractivity contribution is 0.674. The maximum Gasteiger partial charge on any atom is 0.159 e. The van der Waals surface area contributed by atoms with Gasteiger partial charge in [0.1, 0.15) is 12.0 Å². The van der Waals surface area contributed by atoms with Crippen molar-refractivity contribution in [2.75, 3.05) is 0 Å². The monoisotopic (exact) mass is 708 g/mol. The Kier molecular flexibility index (Phi) is 7.07. The van der Waals surface area contributed by atoms with Crippen LogP contribution in [0.5, 0.6) is 0 Å². The Morgan fingerprint density at radius 1 is 0.519 bits per heavy atom. The lowest BCUT2D eigenvalue weighted by Gasteiger charge is -2.24. The van der Waals surface area contributed by atoms with Crippen LogP contribution in [-0.4, -0.2) is 16.2 Å². The predicted molar refractivity (Wildman–Crippen MR) is 228 cm³/mol. The van der Waals surface area contributed by atoms with Crippen molar-refractivity contribution >= 4 is 75.8 Å². The van der Waals surface area contributed by atoms with Gasteiger partial charge in [0, 0.05) is 53.1 Å². The summed E-state index contributed by atoms with van der Waals surface area (Å²) in [5.74, 6) is 1.55. The van der Waals surface area contributed by atoms with E-state index in [0.717, 1.165) is 39.3 Å². The smallest absolute Gasteiger partial charge is 0.159 e. The number of hydrogen-bond donors (Lipinski definition) is 1. The Hall–Kier alpha value is -6.82. The molecule has 10 aromatic rings. The van der Waals surface area contributed by atoms with Crippen molar-refractivity contribution in [1.82, 2.24) is 9.88 Å². The van der Waals surface area contributed by atoms with Crippen LogP contribution < -0.4 is 5.32 Å². The number of aromatic nitrogens is 1. The molecular formula is C49H32N4S. The van der Waals surface area contributed by atoms with Crippen LogP contribution in [0, 0.1) is 0 Å². The second-order valence-corrected chi connectivity index (χ2v) is 14.9. The first-order chi connectivity index (χ1) is 26.8. The van der Waals surface area contributed by atoms with Crippen molar-refractivity contribution in [3.8, 4) is 16.8 Å². The zero-order chi connectivity index (χ0) is 35.6. The van der Waals surface area contributed by atoms with E-state index < -0.39 is 0 Å². The number of nitrogens with one attached hydrogen (secondary N) is 1. The van der Waals surface area contributed by atoms with Gasteiger partial charge in [-0.2, -0.15) is 0 Å². The molecule has 1 atom stereocenters. The van der Waals surface area contributed by atoms with E-state index in [4.69, 9.17) is 9.98 Å². The topological polar surface area (TPSA) is 41.7 Å². The molecular weight excluding hydrogens is 677 g/mol. The molecule has 5 heteroatoms. The van der Waals surface area contributed by atoms with E-state index in [-0.39, 0.29) is 6.17 Å². The minimum absolute atomic E-state index is 0.274. The van der Waals surface area contributed by atoms with E-state index in [0.29, 0.717) is 5.84 Å². The summed E-state index contributed by atoms with van der Waals surface area (Å²) in [6.45, 7) is 0. The third-order valence-electron chi connectivity index (χ3n) is 10.7. The van der Waals surface area contributed by atoms with Crippen molar-refractivity contribution < 1.29 is 0 Å². The number of para-hydroxylation sites is 1. The number of fused-ring (bicyclic) bond motifs is 8. The Balaban J connectivity index is 1.01. The average Bonchev–Trinajstić information content (AvgIpc) is 3.80. The zero-order valence-corrected chi connectivity index (χ0v) is 30.0. The van der Waals surface area contributed by atoms with Crippen molar-refractivity contribution in [1.29, 1.82) is 0 Å². The van der Waals surface area contributed by atoms with Crippen LogP contribution in [0.2, 0.25) is 0 Å². The van der Waals surface area contributed by atoms with Gasteiger partial charge in [0.05, 0.1) is 11.0 Å². The van der Waals surface area contributed by atoms with Crippen molar-refractivity contribution in [3.05, 3.63) is 199 Å². The first-order valence-electron chi connectivity index (χ1n) is 18.3. The summed E-state index contributed by atoms with van der Waals surface area (Å²) < 4.78 is 4.91. The summed E-state index contributed by atoms with van der Waals surface area (Å²) in [5, 5.41) is 11.2. The van der Waals surface area contributed by atoms with Crippen molar-refractivity contribution in [3.63, 3.8) is 0 Å². The molecule has 0 bridgehead atoms. The van der Waals surface area contributed by atoms with Crippen molar-refractivity contribution in [2.24, 2.45) is 9.98 Å². The van der Waals surface area contributed by atoms with Crippen LogP contribution >= 0.6 is 11.3 Å². The number of hydrogen-bond acceptors (Lipinski definition) is 4. The molecule has 0 saturated carbocycles. The first kappa shape index (κ1) is 30.8. The minimum Gasteiger partial charge on any atom is -0.344 e. The molecule has 0 fully saturated rings. The summed E-state index contributed by atoms with van der Waals surface area (Å²) in [4.78, 5) is 10.4. The Morgan fingerprint density at radius 2 is 1.24 bits per heavy atom.